The summed E-state index contributed by atoms with van der Waals surface area (Å²) in [5, 5.41) is 1.79. The molecule has 5 nitrogen and oxygen atoms in total. The molecule has 3 aromatic rings. The number of carbonyl (C=O) groups is 1. The molecule has 25 heavy (non-hydrogen) atoms. The number of amides is 1. The van der Waals surface area contributed by atoms with Crippen LogP contribution in [0.15, 0.2) is 24.5 Å². The Kier molecular flexibility index (Phi) is 4.50. The SMILES string of the molecule is O=C(NNc1ncnc2sc3c(c12)CCCC3)c1ccc(Cl)cc1Cl. The maximum Gasteiger partial charge on any atom is 0.271 e. The van der Waals surface area contributed by atoms with Gasteiger partial charge in [0, 0.05) is 9.90 Å². The first-order chi connectivity index (χ1) is 12.1. The Balaban J connectivity index is 1.61. The van der Waals surface area contributed by atoms with Crippen LogP contribution < -0.4 is 10.9 Å². The van der Waals surface area contributed by atoms with Gasteiger partial charge in [0.2, 0.25) is 0 Å². The fraction of sp³-hybridized carbons (Fsp3) is 0.235. The average molecular weight is 393 g/mol. The van der Waals surface area contributed by atoms with Crippen molar-refractivity contribution < 1.29 is 4.79 Å². The molecule has 1 aliphatic rings. The number of halogens is 2. The van der Waals surface area contributed by atoms with Crippen LogP contribution in [-0.4, -0.2) is 15.9 Å². The molecule has 0 saturated carbocycles. The molecule has 4 rings (SSSR count). The molecule has 1 aromatic carbocycles. The van der Waals surface area contributed by atoms with E-state index in [1.807, 2.05) is 0 Å². The largest absolute Gasteiger partial charge is 0.281 e. The van der Waals surface area contributed by atoms with Crippen LogP contribution in [0.4, 0.5) is 5.82 Å². The fourth-order valence-corrected chi connectivity index (χ4v) is 4.77. The summed E-state index contributed by atoms with van der Waals surface area (Å²) in [6.45, 7) is 0. The van der Waals surface area contributed by atoms with Crippen molar-refractivity contribution in [3.63, 3.8) is 0 Å². The van der Waals surface area contributed by atoms with Crippen molar-refractivity contribution >= 4 is 56.5 Å². The maximum absolute atomic E-state index is 12.4. The molecule has 128 valence electrons. The number of aryl methyl sites for hydroxylation is 2. The van der Waals surface area contributed by atoms with E-state index >= 15 is 0 Å². The Hall–Kier alpha value is -1.89. The van der Waals surface area contributed by atoms with Crippen LogP contribution in [0.25, 0.3) is 10.2 Å². The lowest BCUT2D eigenvalue weighted by Crippen LogP contribution is -2.30. The second-order valence-electron chi connectivity index (χ2n) is 5.82. The zero-order valence-corrected chi connectivity index (χ0v) is 15.4. The third-order valence-corrected chi connectivity index (χ3v) is 5.97. The van der Waals surface area contributed by atoms with Crippen LogP contribution in [0.3, 0.4) is 0 Å². The Morgan fingerprint density at radius 1 is 1.16 bits per heavy atom. The van der Waals surface area contributed by atoms with Gasteiger partial charge in [-0.2, -0.15) is 0 Å². The fourth-order valence-electron chi connectivity index (χ4n) is 3.04. The van der Waals surface area contributed by atoms with E-state index in [-0.39, 0.29) is 5.91 Å². The normalized spacial score (nSPS) is 13.5. The van der Waals surface area contributed by atoms with E-state index in [0.29, 0.717) is 21.4 Å². The minimum absolute atomic E-state index is 0.299. The highest BCUT2D eigenvalue weighted by Gasteiger charge is 2.20. The standard InChI is InChI=1S/C17H14Cl2N4OS/c18-9-5-6-10(12(19)7-9)16(24)23-22-15-14-11-3-1-2-4-13(11)25-17(14)21-8-20-15/h5-8H,1-4H2,(H,23,24)(H,20,21,22). The van der Waals surface area contributed by atoms with E-state index in [2.05, 4.69) is 20.8 Å². The van der Waals surface area contributed by atoms with Crippen LogP contribution in [0, 0.1) is 0 Å². The minimum atomic E-state index is -0.350. The van der Waals surface area contributed by atoms with Crippen LogP contribution in [0.1, 0.15) is 33.6 Å². The van der Waals surface area contributed by atoms with Crippen LogP contribution in [-0.2, 0) is 12.8 Å². The van der Waals surface area contributed by atoms with Gasteiger partial charge in [0.15, 0.2) is 5.82 Å². The number of rotatable bonds is 3. The second kappa shape index (κ2) is 6.78. The van der Waals surface area contributed by atoms with Crippen LogP contribution in [0.5, 0.6) is 0 Å². The summed E-state index contributed by atoms with van der Waals surface area (Å²) in [5.41, 5.74) is 7.23. The number of nitrogens with zero attached hydrogens (tertiary/aromatic N) is 2. The van der Waals surface area contributed by atoms with Gasteiger partial charge in [-0.25, -0.2) is 9.97 Å². The first kappa shape index (κ1) is 16.6. The molecular weight excluding hydrogens is 379 g/mol. The van der Waals surface area contributed by atoms with Crippen molar-refractivity contribution in [1.82, 2.24) is 15.4 Å². The summed E-state index contributed by atoms with van der Waals surface area (Å²) in [7, 11) is 0. The predicted molar refractivity (Wildman–Crippen MR) is 102 cm³/mol. The first-order valence-electron chi connectivity index (χ1n) is 7.90. The van der Waals surface area contributed by atoms with Gasteiger partial charge in [-0.15, -0.1) is 11.3 Å². The van der Waals surface area contributed by atoms with Crippen molar-refractivity contribution in [3.8, 4) is 0 Å². The van der Waals surface area contributed by atoms with Crippen molar-refractivity contribution in [3.05, 3.63) is 50.6 Å². The van der Waals surface area contributed by atoms with E-state index in [1.54, 1.807) is 23.5 Å². The third-order valence-electron chi connectivity index (χ3n) is 4.22. The van der Waals surface area contributed by atoms with Crippen molar-refractivity contribution in [1.29, 1.82) is 0 Å². The molecule has 0 spiro atoms. The molecule has 0 aliphatic heterocycles. The molecule has 2 heterocycles. The average Bonchev–Trinajstić information content (AvgIpc) is 2.99. The van der Waals surface area contributed by atoms with Crippen molar-refractivity contribution in [2.75, 3.05) is 5.43 Å². The molecule has 2 aromatic heterocycles. The van der Waals surface area contributed by atoms with E-state index in [1.165, 1.54) is 35.7 Å². The number of hydrogen-bond donors (Lipinski definition) is 2. The number of hydrogen-bond acceptors (Lipinski definition) is 5. The van der Waals surface area contributed by atoms with Crippen molar-refractivity contribution in [2.45, 2.75) is 25.7 Å². The number of carbonyl (C=O) groups excluding carboxylic acids is 1. The van der Waals surface area contributed by atoms with E-state index in [0.717, 1.165) is 23.1 Å². The third kappa shape index (κ3) is 3.17. The van der Waals surface area contributed by atoms with Crippen LogP contribution >= 0.6 is 34.5 Å². The number of fused-ring (bicyclic) bond motifs is 3. The van der Waals surface area contributed by atoms with E-state index in [4.69, 9.17) is 23.2 Å². The Bertz CT molecular complexity index is 973. The molecule has 0 bridgehead atoms. The van der Waals surface area contributed by atoms with E-state index < -0.39 is 0 Å². The summed E-state index contributed by atoms with van der Waals surface area (Å²) in [6, 6.07) is 4.75. The minimum Gasteiger partial charge on any atom is -0.281 e. The summed E-state index contributed by atoms with van der Waals surface area (Å²) in [6.07, 6.45) is 5.99. The summed E-state index contributed by atoms with van der Waals surface area (Å²) in [5.74, 6) is 0.264. The van der Waals surface area contributed by atoms with Gasteiger partial charge >= 0.3 is 0 Å². The Morgan fingerprint density at radius 2 is 2.00 bits per heavy atom. The lowest BCUT2D eigenvalue weighted by molar-refractivity contribution is 0.0962. The zero-order chi connectivity index (χ0) is 17.4. The van der Waals surface area contributed by atoms with Gasteiger partial charge in [-0.1, -0.05) is 23.2 Å². The van der Waals surface area contributed by atoms with Gasteiger partial charge in [0.25, 0.3) is 5.91 Å². The van der Waals surface area contributed by atoms with E-state index in [9.17, 15) is 4.79 Å². The monoisotopic (exact) mass is 392 g/mol. The molecule has 0 radical (unpaired) electrons. The maximum atomic E-state index is 12.4. The molecule has 2 N–H and O–H groups in total. The quantitative estimate of drug-likeness (QED) is 0.637. The predicted octanol–water partition coefficient (Wildman–Crippen LogP) is 4.63. The second-order valence-corrected chi connectivity index (χ2v) is 7.74. The summed E-state index contributed by atoms with van der Waals surface area (Å²) < 4.78 is 0. The van der Waals surface area contributed by atoms with Gasteiger partial charge < -0.3 is 0 Å². The Morgan fingerprint density at radius 3 is 2.84 bits per heavy atom. The van der Waals surface area contributed by atoms with Crippen LogP contribution in [0.2, 0.25) is 10.0 Å². The first-order valence-corrected chi connectivity index (χ1v) is 9.47. The van der Waals surface area contributed by atoms with Gasteiger partial charge in [0.05, 0.1) is 16.0 Å². The Labute approximate surface area is 158 Å². The molecule has 0 atom stereocenters. The smallest absolute Gasteiger partial charge is 0.271 e. The van der Waals surface area contributed by atoms with Gasteiger partial charge in [0.1, 0.15) is 11.2 Å². The highest BCUT2D eigenvalue weighted by Crippen LogP contribution is 2.37. The topological polar surface area (TPSA) is 66.9 Å². The summed E-state index contributed by atoms with van der Waals surface area (Å²) in [4.78, 5) is 23.4. The number of anilines is 1. The summed E-state index contributed by atoms with van der Waals surface area (Å²) >= 11 is 13.7. The highest BCUT2D eigenvalue weighted by molar-refractivity contribution is 7.19. The lowest BCUT2D eigenvalue weighted by atomic mass is 9.97. The molecule has 1 amide bonds. The number of hydrazine groups is 1. The zero-order valence-electron chi connectivity index (χ0n) is 13.1. The molecule has 8 heteroatoms. The van der Waals surface area contributed by atoms with Gasteiger partial charge in [-0.3, -0.25) is 15.6 Å². The van der Waals surface area contributed by atoms with Crippen molar-refractivity contribution in [2.24, 2.45) is 0 Å². The van der Waals surface area contributed by atoms with Gasteiger partial charge in [-0.05, 0) is 49.4 Å². The molecule has 0 fully saturated rings. The highest BCUT2D eigenvalue weighted by atomic mass is 35.5. The number of aromatic nitrogens is 2. The number of benzene rings is 1. The number of nitrogens with one attached hydrogen (secondary N) is 2. The molecule has 0 unspecified atom stereocenters. The molecule has 0 saturated heterocycles. The molecular formula is C17H14Cl2N4OS. The molecule has 1 aliphatic carbocycles. The number of thiophene rings is 1. The lowest BCUT2D eigenvalue weighted by Gasteiger charge is -2.13.